The molecule has 0 aromatic heterocycles. The molecular formula is C16H18FNO. The molecular weight excluding hydrogens is 241 g/mol. The molecule has 0 heterocycles. The molecule has 100 valence electrons. The summed E-state index contributed by atoms with van der Waals surface area (Å²) in [5, 5.41) is 0. The van der Waals surface area contributed by atoms with Crippen LogP contribution in [0.4, 0.5) is 4.39 Å². The van der Waals surface area contributed by atoms with Crippen LogP contribution in [0.25, 0.3) is 0 Å². The molecule has 0 spiro atoms. The second kappa shape index (κ2) is 6.34. The number of hydrogen-bond acceptors (Lipinski definition) is 2. The average molecular weight is 259 g/mol. The summed E-state index contributed by atoms with van der Waals surface area (Å²) in [4.78, 5) is 0. The molecule has 3 heteroatoms. The van der Waals surface area contributed by atoms with Gasteiger partial charge >= 0.3 is 0 Å². The van der Waals surface area contributed by atoms with Crippen molar-refractivity contribution >= 4 is 0 Å². The molecule has 0 saturated carbocycles. The molecule has 2 aromatic rings. The number of benzene rings is 2. The Bertz CT molecular complexity index is 507. The standard InChI is InChI=1S/C16H18FNO/c1-2-14(18)11-12-3-7-15(8-4-12)19-16-9-5-13(17)6-10-16/h3-10,14H,2,11,18H2,1H3. The quantitative estimate of drug-likeness (QED) is 0.883. The number of ether oxygens (including phenoxy) is 1. The third-order valence-corrected chi connectivity index (χ3v) is 2.99. The predicted molar refractivity (Wildman–Crippen MR) is 74.9 cm³/mol. The maximum Gasteiger partial charge on any atom is 0.127 e. The second-order valence-electron chi connectivity index (χ2n) is 4.57. The predicted octanol–water partition coefficient (Wildman–Crippen LogP) is 3.90. The Labute approximate surface area is 113 Å². The van der Waals surface area contributed by atoms with Gasteiger partial charge in [-0.1, -0.05) is 19.1 Å². The largest absolute Gasteiger partial charge is 0.457 e. The molecule has 2 aromatic carbocycles. The van der Waals surface area contributed by atoms with E-state index >= 15 is 0 Å². The van der Waals surface area contributed by atoms with E-state index in [4.69, 9.17) is 10.5 Å². The smallest absolute Gasteiger partial charge is 0.127 e. The van der Waals surface area contributed by atoms with Crippen LogP contribution in [0.3, 0.4) is 0 Å². The van der Waals surface area contributed by atoms with Gasteiger partial charge in [0.2, 0.25) is 0 Å². The highest BCUT2D eigenvalue weighted by Gasteiger charge is 2.02. The van der Waals surface area contributed by atoms with Crippen molar-refractivity contribution in [3.05, 3.63) is 59.9 Å². The summed E-state index contributed by atoms with van der Waals surface area (Å²) in [6, 6.07) is 14.0. The summed E-state index contributed by atoms with van der Waals surface area (Å²) >= 11 is 0. The van der Waals surface area contributed by atoms with Gasteiger partial charge in [-0.25, -0.2) is 4.39 Å². The lowest BCUT2D eigenvalue weighted by Gasteiger charge is -2.10. The Hall–Kier alpha value is -1.87. The first-order valence-electron chi connectivity index (χ1n) is 6.45. The van der Waals surface area contributed by atoms with Gasteiger partial charge in [0.25, 0.3) is 0 Å². The molecule has 0 radical (unpaired) electrons. The van der Waals surface area contributed by atoms with Crippen molar-refractivity contribution in [3.8, 4) is 11.5 Å². The van der Waals surface area contributed by atoms with Crippen LogP contribution in [-0.2, 0) is 6.42 Å². The molecule has 2 N–H and O–H groups in total. The average Bonchev–Trinajstić information content (AvgIpc) is 2.43. The highest BCUT2D eigenvalue weighted by atomic mass is 19.1. The van der Waals surface area contributed by atoms with Crippen LogP contribution < -0.4 is 10.5 Å². The van der Waals surface area contributed by atoms with Crippen LogP contribution in [-0.4, -0.2) is 6.04 Å². The molecule has 1 unspecified atom stereocenters. The molecule has 2 nitrogen and oxygen atoms in total. The fourth-order valence-corrected chi connectivity index (χ4v) is 1.78. The Balaban J connectivity index is 2.00. The van der Waals surface area contributed by atoms with Crippen LogP contribution >= 0.6 is 0 Å². The molecule has 2 rings (SSSR count). The summed E-state index contributed by atoms with van der Waals surface area (Å²) in [5.74, 6) is 1.09. The topological polar surface area (TPSA) is 35.2 Å². The van der Waals surface area contributed by atoms with E-state index in [1.54, 1.807) is 12.1 Å². The zero-order valence-electron chi connectivity index (χ0n) is 11.0. The van der Waals surface area contributed by atoms with E-state index in [0.29, 0.717) is 5.75 Å². The monoisotopic (exact) mass is 259 g/mol. The molecule has 0 aliphatic carbocycles. The number of hydrogen-bond donors (Lipinski definition) is 1. The van der Waals surface area contributed by atoms with Crippen molar-refractivity contribution in [2.45, 2.75) is 25.8 Å². The van der Waals surface area contributed by atoms with E-state index in [9.17, 15) is 4.39 Å². The van der Waals surface area contributed by atoms with E-state index in [1.807, 2.05) is 24.3 Å². The first-order valence-corrected chi connectivity index (χ1v) is 6.45. The Kier molecular flexibility index (Phi) is 4.53. The van der Waals surface area contributed by atoms with Gasteiger partial charge in [-0.3, -0.25) is 0 Å². The Morgan fingerprint density at radius 3 is 2.05 bits per heavy atom. The third-order valence-electron chi connectivity index (χ3n) is 2.99. The van der Waals surface area contributed by atoms with E-state index in [1.165, 1.54) is 17.7 Å². The van der Waals surface area contributed by atoms with Crippen LogP contribution in [0, 0.1) is 5.82 Å². The summed E-state index contributed by atoms with van der Waals surface area (Å²) < 4.78 is 18.4. The molecule has 1 atom stereocenters. The van der Waals surface area contributed by atoms with E-state index < -0.39 is 0 Å². The van der Waals surface area contributed by atoms with Crippen molar-refractivity contribution < 1.29 is 9.13 Å². The van der Waals surface area contributed by atoms with Crippen molar-refractivity contribution in [1.29, 1.82) is 0 Å². The zero-order valence-corrected chi connectivity index (χ0v) is 11.0. The molecule has 0 aliphatic rings. The minimum Gasteiger partial charge on any atom is -0.457 e. The van der Waals surface area contributed by atoms with Gasteiger partial charge < -0.3 is 10.5 Å². The van der Waals surface area contributed by atoms with Crippen LogP contribution in [0.5, 0.6) is 11.5 Å². The van der Waals surface area contributed by atoms with Crippen molar-refractivity contribution in [2.24, 2.45) is 5.73 Å². The van der Waals surface area contributed by atoms with Crippen LogP contribution in [0.1, 0.15) is 18.9 Å². The summed E-state index contributed by atoms with van der Waals surface area (Å²) in [7, 11) is 0. The maximum absolute atomic E-state index is 12.8. The van der Waals surface area contributed by atoms with E-state index in [0.717, 1.165) is 18.6 Å². The van der Waals surface area contributed by atoms with Gasteiger partial charge in [0.1, 0.15) is 17.3 Å². The normalized spacial score (nSPS) is 12.2. The van der Waals surface area contributed by atoms with Crippen LogP contribution in [0.15, 0.2) is 48.5 Å². The summed E-state index contributed by atoms with van der Waals surface area (Å²) in [5.41, 5.74) is 7.11. The fourth-order valence-electron chi connectivity index (χ4n) is 1.78. The highest BCUT2D eigenvalue weighted by molar-refractivity contribution is 5.33. The second-order valence-corrected chi connectivity index (χ2v) is 4.57. The molecule has 0 bridgehead atoms. The first-order chi connectivity index (χ1) is 9.17. The van der Waals surface area contributed by atoms with Gasteiger partial charge in [-0.05, 0) is 54.8 Å². The van der Waals surface area contributed by atoms with Gasteiger partial charge in [0, 0.05) is 6.04 Å². The first kappa shape index (κ1) is 13.6. The lowest BCUT2D eigenvalue weighted by molar-refractivity contribution is 0.480. The lowest BCUT2D eigenvalue weighted by Crippen LogP contribution is -2.21. The van der Waals surface area contributed by atoms with Crippen molar-refractivity contribution in [1.82, 2.24) is 0 Å². The maximum atomic E-state index is 12.8. The van der Waals surface area contributed by atoms with Gasteiger partial charge in [-0.2, -0.15) is 0 Å². The molecule has 19 heavy (non-hydrogen) atoms. The van der Waals surface area contributed by atoms with E-state index in [-0.39, 0.29) is 11.9 Å². The fraction of sp³-hybridized carbons (Fsp3) is 0.250. The van der Waals surface area contributed by atoms with Crippen LogP contribution in [0.2, 0.25) is 0 Å². The van der Waals surface area contributed by atoms with Crippen molar-refractivity contribution in [3.63, 3.8) is 0 Å². The van der Waals surface area contributed by atoms with E-state index in [2.05, 4.69) is 6.92 Å². The number of rotatable bonds is 5. The highest BCUT2D eigenvalue weighted by Crippen LogP contribution is 2.22. The zero-order chi connectivity index (χ0) is 13.7. The molecule has 0 amide bonds. The lowest BCUT2D eigenvalue weighted by atomic mass is 10.0. The SMILES string of the molecule is CCC(N)Cc1ccc(Oc2ccc(F)cc2)cc1. The number of nitrogens with two attached hydrogens (primary N) is 1. The molecule has 0 aliphatic heterocycles. The molecule has 0 fully saturated rings. The minimum absolute atomic E-state index is 0.198. The van der Waals surface area contributed by atoms with Gasteiger partial charge in [-0.15, -0.1) is 0 Å². The van der Waals surface area contributed by atoms with Gasteiger partial charge in [0.05, 0.1) is 0 Å². The summed E-state index contributed by atoms with van der Waals surface area (Å²) in [6.45, 7) is 2.08. The molecule has 0 saturated heterocycles. The summed E-state index contributed by atoms with van der Waals surface area (Å²) in [6.07, 6.45) is 1.83. The Morgan fingerprint density at radius 1 is 1.00 bits per heavy atom. The minimum atomic E-state index is -0.267. The van der Waals surface area contributed by atoms with Gasteiger partial charge in [0.15, 0.2) is 0 Å². The number of halogens is 1. The van der Waals surface area contributed by atoms with Crippen molar-refractivity contribution in [2.75, 3.05) is 0 Å². The third kappa shape index (κ3) is 4.07. The Morgan fingerprint density at radius 2 is 1.53 bits per heavy atom.